The zero-order chi connectivity index (χ0) is 16.4. The Balaban J connectivity index is 2.03. The molecule has 4 heteroatoms. The number of esters is 1. The minimum Gasteiger partial charge on any atom is -0.465 e. The quantitative estimate of drug-likeness (QED) is 0.624. The first-order valence-electron chi connectivity index (χ1n) is 7.30. The number of benzene rings is 2. The van der Waals surface area contributed by atoms with E-state index in [4.69, 9.17) is 4.74 Å². The van der Waals surface area contributed by atoms with Gasteiger partial charge in [0.2, 0.25) is 0 Å². The summed E-state index contributed by atoms with van der Waals surface area (Å²) in [5.74, 6) is -0.322. The summed E-state index contributed by atoms with van der Waals surface area (Å²) in [6, 6.07) is 11.7. The SMILES string of the molecule is COC(=O)c1ccc2ccc(-c3nc(C=C(C)C)cs3)cc2c1. The molecule has 0 spiro atoms. The van der Waals surface area contributed by atoms with Crippen molar-refractivity contribution in [3.8, 4) is 10.6 Å². The Bertz CT molecular complexity index is 905. The van der Waals surface area contributed by atoms with Crippen LogP contribution in [0.25, 0.3) is 27.4 Å². The first-order valence-corrected chi connectivity index (χ1v) is 8.18. The fourth-order valence-corrected chi connectivity index (χ4v) is 3.18. The van der Waals surface area contributed by atoms with Crippen LogP contribution in [0.5, 0.6) is 0 Å². The molecule has 0 aliphatic heterocycles. The molecule has 0 amide bonds. The average molecular weight is 323 g/mol. The first-order chi connectivity index (χ1) is 11.1. The Kier molecular flexibility index (Phi) is 4.26. The third-order valence-corrected chi connectivity index (χ3v) is 4.38. The Morgan fingerprint density at radius 1 is 1.13 bits per heavy atom. The molecule has 0 radical (unpaired) electrons. The Hall–Kier alpha value is -2.46. The fourth-order valence-electron chi connectivity index (χ4n) is 2.41. The molecular weight excluding hydrogens is 306 g/mol. The highest BCUT2D eigenvalue weighted by atomic mass is 32.1. The van der Waals surface area contributed by atoms with Crippen LogP contribution in [0.3, 0.4) is 0 Å². The van der Waals surface area contributed by atoms with E-state index in [0.29, 0.717) is 5.56 Å². The van der Waals surface area contributed by atoms with Crippen LogP contribution in [-0.2, 0) is 4.74 Å². The van der Waals surface area contributed by atoms with E-state index in [9.17, 15) is 4.79 Å². The molecule has 0 fully saturated rings. The lowest BCUT2D eigenvalue weighted by molar-refractivity contribution is 0.0601. The number of aromatic nitrogens is 1. The predicted molar refractivity (Wildman–Crippen MR) is 95.7 cm³/mol. The van der Waals surface area contributed by atoms with E-state index in [0.717, 1.165) is 27.0 Å². The molecule has 0 N–H and O–H groups in total. The number of ether oxygens (including phenoxy) is 1. The van der Waals surface area contributed by atoms with Crippen LogP contribution in [0.2, 0.25) is 0 Å². The molecule has 23 heavy (non-hydrogen) atoms. The van der Waals surface area contributed by atoms with Gasteiger partial charge >= 0.3 is 5.97 Å². The molecule has 3 aromatic rings. The van der Waals surface area contributed by atoms with Crippen LogP contribution in [0.15, 0.2) is 47.4 Å². The number of carbonyl (C=O) groups is 1. The lowest BCUT2D eigenvalue weighted by Gasteiger charge is -2.04. The number of thiazole rings is 1. The number of nitrogens with zero attached hydrogens (tertiary/aromatic N) is 1. The number of methoxy groups -OCH3 is 1. The summed E-state index contributed by atoms with van der Waals surface area (Å²) in [5.41, 5.74) is 3.82. The van der Waals surface area contributed by atoms with Gasteiger partial charge in [0.25, 0.3) is 0 Å². The van der Waals surface area contributed by atoms with Gasteiger partial charge in [0.15, 0.2) is 0 Å². The summed E-state index contributed by atoms with van der Waals surface area (Å²) in [6.45, 7) is 4.12. The number of hydrogen-bond donors (Lipinski definition) is 0. The molecular formula is C19H17NO2S. The number of carbonyl (C=O) groups excluding carboxylic acids is 1. The van der Waals surface area contributed by atoms with Crippen molar-refractivity contribution in [3.05, 3.63) is 58.6 Å². The third-order valence-electron chi connectivity index (χ3n) is 3.47. The summed E-state index contributed by atoms with van der Waals surface area (Å²) in [6.07, 6.45) is 2.07. The van der Waals surface area contributed by atoms with E-state index in [1.807, 2.05) is 18.2 Å². The predicted octanol–water partition coefficient (Wildman–Crippen LogP) is 5.17. The molecule has 1 aromatic heterocycles. The van der Waals surface area contributed by atoms with Crippen molar-refractivity contribution in [1.82, 2.24) is 4.98 Å². The van der Waals surface area contributed by atoms with E-state index in [-0.39, 0.29) is 5.97 Å². The van der Waals surface area contributed by atoms with Crippen LogP contribution in [0.4, 0.5) is 0 Å². The molecule has 1 heterocycles. The van der Waals surface area contributed by atoms with Gasteiger partial charge in [-0.15, -0.1) is 11.3 Å². The van der Waals surface area contributed by atoms with Crippen molar-refractivity contribution in [1.29, 1.82) is 0 Å². The van der Waals surface area contributed by atoms with Crippen molar-refractivity contribution in [3.63, 3.8) is 0 Å². The zero-order valence-electron chi connectivity index (χ0n) is 13.3. The number of allylic oxidation sites excluding steroid dienone is 1. The van der Waals surface area contributed by atoms with Gasteiger partial charge in [-0.05, 0) is 48.9 Å². The Morgan fingerprint density at radius 2 is 1.91 bits per heavy atom. The molecule has 0 atom stereocenters. The maximum atomic E-state index is 11.7. The maximum Gasteiger partial charge on any atom is 0.337 e. The number of hydrogen-bond acceptors (Lipinski definition) is 4. The second-order valence-electron chi connectivity index (χ2n) is 5.57. The lowest BCUT2D eigenvalue weighted by Crippen LogP contribution is -2.00. The highest BCUT2D eigenvalue weighted by Gasteiger charge is 2.08. The minimum absolute atomic E-state index is 0.322. The summed E-state index contributed by atoms with van der Waals surface area (Å²) in [5, 5.41) is 5.12. The summed E-state index contributed by atoms with van der Waals surface area (Å²) < 4.78 is 4.78. The van der Waals surface area contributed by atoms with Crippen molar-refractivity contribution in [2.75, 3.05) is 7.11 Å². The van der Waals surface area contributed by atoms with E-state index in [1.165, 1.54) is 12.7 Å². The van der Waals surface area contributed by atoms with Gasteiger partial charge < -0.3 is 4.74 Å². The van der Waals surface area contributed by atoms with Gasteiger partial charge in [-0.1, -0.05) is 23.8 Å². The monoisotopic (exact) mass is 323 g/mol. The summed E-state index contributed by atoms with van der Waals surface area (Å²) >= 11 is 1.62. The molecule has 3 nitrogen and oxygen atoms in total. The van der Waals surface area contributed by atoms with Gasteiger partial charge in [-0.3, -0.25) is 0 Å². The van der Waals surface area contributed by atoms with Crippen LogP contribution in [-0.4, -0.2) is 18.1 Å². The Morgan fingerprint density at radius 3 is 2.65 bits per heavy atom. The van der Waals surface area contributed by atoms with Gasteiger partial charge in [0, 0.05) is 10.9 Å². The summed E-state index contributed by atoms with van der Waals surface area (Å²) in [7, 11) is 1.39. The molecule has 0 bridgehead atoms. The van der Waals surface area contributed by atoms with Gasteiger partial charge in [-0.25, -0.2) is 9.78 Å². The molecule has 2 aromatic carbocycles. The highest BCUT2D eigenvalue weighted by Crippen LogP contribution is 2.28. The van der Waals surface area contributed by atoms with E-state index in [2.05, 4.69) is 42.4 Å². The minimum atomic E-state index is -0.322. The smallest absolute Gasteiger partial charge is 0.337 e. The number of fused-ring (bicyclic) bond motifs is 1. The van der Waals surface area contributed by atoms with Crippen molar-refractivity contribution >= 4 is 34.2 Å². The van der Waals surface area contributed by atoms with Crippen LogP contribution >= 0.6 is 11.3 Å². The Labute approximate surface area is 139 Å². The molecule has 0 aliphatic rings. The van der Waals surface area contributed by atoms with E-state index in [1.54, 1.807) is 17.4 Å². The molecule has 0 unspecified atom stereocenters. The molecule has 0 aliphatic carbocycles. The molecule has 116 valence electrons. The standard InChI is InChI=1S/C19H17NO2S/c1-12(2)8-17-11-23-18(20-17)14-6-4-13-5-7-15(19(21)22-3)10-16(13)9-14/h4-11H,1-3H3. The van der Waals surface area contributed by atoms with Crippen molar-refractivity contribution < 1.29 is 9.53 Å². The van der Waals surface area contributed by atoms with E-state index >= 15 is 0 Å². The van der Waals surface area contributed by atoms with E-state index < -0.39 is 0 Å². The van der Waals surface area contributed by atoms with Gasteiger partial charge in [0.1, 0.15) is 5.01 Å². The maximum absolute atomic E-state index is 11.7. The van der Waals surface area contributed by atoms with Crippen LogP contribution in [0, 0.1) is 0 Å². The zero-order valence-corrected chi connectivity index (χ0v) is 14.1. The number of rotatable bonds is 3. The first kappa shape index (κ1) is 15.4. The second-order valence-corrected chi connectivity index (χ2v) is 6.43. The normalized spacial score (nSPS) is 10.6. The molecule has 3 rings (SSSR count). The fraction of sp³-hybridized carbons (Fsp3) is 0.158. The topological polar surface area (TPSA) is 39.2 Å². The van der Waals surface area contributed by atoms with Crippen molar-refractivity contribution in [2.45, 2.75) is 13.8 Å². The second kappa shape index (κ2) is 6.34. The lowest BCUT2D eigenvalue weighted by atomic mass is 10.0. The van der Waals surface area contributed by atoms with Crippen LogP contribution < -0.4 is 0 Å². The van der Waals surface area contributed by atoms with Crippen LogP contribution in [0.1, 0.15) is 29.9 Å². The molecule has 0 saturated heterocycles. The summed E-state index contributed by atoms with van der Waals surface area (Å²) in [4.78, 5) is 16.3. The highest BCUT2D eigenvalue weighted by molar-refractivity contribution is 7.13. The van der Waals surface area contributed by atoms with Gasteiger partial charge in [-0.2, -0.15) is 0 Å². The van der Waals surface area contributed by atoms with Gasteiger partial charge in [0.05, 0.1) is 18.4 Å². The largest absolute Gasteiger partial charge is 0.465 e. The third kappa shape index (κ3) is 3.32. The average Bonchev–Trinajstić information content (AvgIpc) is 3.00. The van der Waals surface area contributed by atoms with Crippen molar-refractivity contribution in [2.24, 2.45) is 0 Å². The molecule has 0 saturated carbocycles.